The Morgan fingerprint density at radius 2 is 1.80 bits per heavy atom. The Hall–Kier alpha value is -0.690. The quantitative estimate of drug-likeness (QED) is 0.792. The van der Waals surface area contributed by atoms with Gasteiger partial charge in [0.15, 0.2) is 0 Å². The molecule has 0 aromatic heterocycles. The summed E-state index contributed by atoms with van der Waals surface area (Å²) in [6.45, 7) is 4.25. The second kappa shape index (κ2) is 6.02. The van der Waals surface area contributed by atoms with Gasteiger partial charge in [0.2, 0.25) is 0 Å². The van der Waals surface area contributed by atoms with E-state index in [1.807, 2.05) is 12.1 Å². The van der Waals surface area contributed by atoms with Gasteiger partial charge in [-0.3, -0.25) is 0 Å². The van der Waals surface area contributed by atoms with Crippen molar-refractivity contribution in [3.63, 3.8) is 0 Å². The zero-order valence-corrected chi connectivity index (χ0v) is 10.3. The molecule has 0 fully saturated rings. The third-order valence-electron chi connectivity index (χ3n) is 2.57. The molecule has 1 nitrogen and oxygen atoms in total. The van der Waals surface area contributed by atoms with Crippen LogP contribution in [0.2, 0.25) is 5.02 Å². The number of aromatic hydroxyl groups is 1. The molecule has 0 saturated carbocycles. The van der Waals surface area contributed by atoms with Crippen molar-refractivity contribution in [1.29, 1.82) is 0 Å². The average Bonchev–Trinajstić information content (AvgIpc) is 2.21. The zero-order chi connectivity index (χ0) is 11.3. The largest absolute Gasteiger partial charge is 0.508 e. The van der Waals surface area contributed by atoms with Crippen LogP contribution in [0, 0.1) is 0 Å². The maximum Gasteiger partial charge on any atom is 0.119 e. The van der Waals surface area contributed by atoms with E-state index in [2.05, 4.69) is 13.8 Å². The molecule has 15 heavy (non-hydrogen) atoms. The highest BCUT2D eigenvalue weighted by molar-refractivity contribution is 6.31. The van der Waals surface area contributed by atoms with E-state index in [0.29, 0.717) is 5.75 Å². The van der Waals surface area contributed by atoms with Crippen molar-refractivity contribution < 1.29 is 5.11 Å². The van der Waals surface area contributed by atoms with E-state index in [4.69, 9.17) is 11.6 Å². The smallest absolute Gasteiger partial charge is 0.119 e. The number of halogens is 1. The summed E-state index contributed by atoms with van der Waals surface area (Å²) >= 11 is 6.15. The lowest BCUT2D eigenvalue weighted by molar-refractivity contribution is 0.466. The van der Waals surface area contributed by atoms with Crippen molar-refractivity contribution in [1.82, 2.24) is 0 Å². The molecule has 0 radical (unpaired) electrons. The number of benzene rings is 1. The molecule has 0 aliphatic heterocycles. The molecular formula is C13H19ClO. The summed E-state index contributed by atoms with van der Waals surface area (Å²) in [7, 11) is 0. The molecule has 0 atom stereocenters. The van der Waals surface area contributed by atoms with Crippen LogP contribution in [0.1, 0.15) is 44.2 Å². The van der Waals surface area contributed by atoms with Gasteiger partial charge in [0.05, 0.1) is 0 Å². The normalized spacial score (nSPS) is 10.6. The van der Waals surface area contributed by atoms with Crippen molar-refractivity contribution in [2.24, 2.45) is 0 Å². The molecule has 0 aliphatic carbocycles. The molecule has 1 aromatic carbocycles. The minimum absolute atomic E-state index is 0.399. The van der Waals surface area contributed by atoms with E-state index >= 15 is 0 Å². The van der Waals surface area contributed by atoms with E-state index in [0.717, 1.165) is 48.3 Å². The minimum atomic E-state index is 0.399. The monoisotopic (exact) mass is 226 g/mol. The Bertz CT molecular complexity index is 321. The van der Waals surface area contributed by atoms with Gasteiger partial charge in [0.25, 0.3) is 0 Å². The van der Waals surface area contributed by atoms with Crippen LogP contribution >= 0.6 is 11.6 Å². The van der Waals surface area contributed by atoms with Crippen molar-refractivity contribution in [3.05, 3.63) is 28.3 Å². The Labute approximate surface area is 97.1 Å². The Balaban J connectivity index is 2.87. The molecule has 0 saturated heterocycles. The van der Waals surface area contributed by atoms with Crippen LogP contribution in [0.4, 0.5) is 0 Å². The molecule has 1 rings (SSSR count). The van der Waals surface area contributed by atoms with Crippen LogP contribution in [0.25, 0.3) is 0 Å². The molecule has 0 spiro atoms. The number of phenols is 1. The predicted molar refractivity (Wildman–Crippen MR) is 65.7 cm³/mol. The molecule has 1 N–H and O–H groups in total. The van der Waals surface area contributed by atoms with Crippen LogP contribution in [0.3, 0.4) is 0 Å². The van der Waals surface area contributed by atoms with E-state index in [9.17, 15) is 5.11 Å². The van der Waals surface area contributed by atoms with Crippen LogP contribution in [0.5, 0.6) is 5.75 Å². The average molecular weight is 227 g/mol. The fourth-order valence-electron chi connectivity index (χ4n) is 1.67. The lowest BCUT2D eigenvalue weighted by atomic mass is 10.0. The van der Waals surface area contributed by atoms with E-state index in [1.54, 1.807) is 0 Å². The molecule has 0 heterocycles. The summed E-state index contributed by atoms with van der Waals surface area (Å²) in [6, 6.07) is 3.73. The van der Waals surface area contributed by atoms with Gasteiger partial charge in [-0.2, -0.15) is 0 Å². The first-order chi connectivity index (χ1) is 7.19. The number of hydrogen-bond donors (Lipinski definition) is 1. The first-order valence-corrected chi connectivity index (χ1v) is 6.07. The number of hydrogen-bond acceptors (Lipinski definition) is 1. The number of rotatable bonds is 5. The van der Waals surface area contributed by atoms with E-state index in [1.165, 1.54) is 0 Å². The van der Waals surface area contributed by atoms with Gasteiger partial charge in [-0.1, -0.05) is 38.3 Å². The molecule has 0 aliphatic rings. The van der Waals surface area contributed by atoms with E-state index < -0.39 is 0 Å². The SMILES string of the molecule is CCCCc1cc(Cl)c(CCC)cc1O. The van der Waals surface area contributed by atoms with Gasteiger partial charge in [-0.05, 0) is 42.5 Å². The van der Waals surface area contributed by atoms with Crippen LogP contribution in [0.15, 0.2) is 12.1 Å². The maximum atomic E-state index is 9.81. The summed E-state index contributed by atoms with van der Waals surface area (Å²) in [4.78, 5) is 0. The highest BCUT2D eigenvalue weighted by Crippen LogP contribution is 2.28. The van der Waals surface area contributed by atoms with Crippen LogP contribution in [-0.2, 0) is 12.8 Å². The zero-order valence-electron chi connectivity index (χ0n) is 9.52. The Kier molecular flexibility index (Phi) is 4.97. The summed E-state index contributed by atoms with van der Waals surface area (Å²) in [5.74, 6) is 0.399. The lowest BCUT2D eigenvalue weighted by Gasteiger charge is -2.08. The fraction of sp³-hybridized carbons (Fsp3) is 0.538. The first kappa shape index (κ1) is 12.4. The third-order valence-corrected chi connectivity index (χ3v) is 2.92. The maximum absolute atomic E-state index is 9.81. The van der Waals surface area contributed by atoms with Crippen molar-refractivity contribution >= 4 is 11.6 Å². The third kappa shape index (κ3) is 3.42. The van der Waals surface area contributed by atoms with Crippen molar-refractivity contribution in [2.75, 3.05) is 0 Å². The summed E-state index contributed by atoms with van der Waals surface area (Å²) in [5.41, 5.74) is 2.03. The number of aryl methyl sites for hydroxylation is 2. The van der Waals surface area contributed by atoms with E-state index in [-0.39, 0.29) is 0 Å². The molecule has 0 bridgehead atoms. The summed E-state index contributed by atoms with van der Waals surface area (Å²) in [6.07, 6.45) is 5.12. The highest BCUT2D eigenvalue weighted by atomic mass is 35.5. The van der Waals surface area contributed by atoms with Gasteiger partial charge < -0.3 is 5.11 Å². The standard InChI is InChI=1S/C13H19ClO/c1-3-5-7-11-8-12(14)10(6-4-2)9-13(11)15/h8-9,15H,3-7H2,1-2H3. The topological polar surface area (TPSA) is 20.2 Å². The van der Waals surface area contributed by atoms with Crippen molar-refractivity contribution in [2.45, 2.75) is 46.0 Å². The van der Waals surface area contributed by atoms with Gasteiger partial charge in [-0.15, -0.1) is 0 Å². The van der Waals surface area contributed by atoms with Gasteiger partial charge in [-0.25, -0.2) is 0 Å². The Morgan fingerprint density at radius 3 is 2.40 bits per heavy atom. The van der Waals surface area contributed by atoms with Crippen LogP contribution in [-0.4, -0.2) is 5.11 Å². The second-order valence-electron chi connectivity index (χ2n) is 3.93. The summed E-state index contributed by atoms with van der Waals surface area (Å²) < 4.78 is 0. The molecular weight excluding hydrogens is 208 g/mol. The molecule has 0 unspecified atom stereocenters. The van der Waals surface area contributed by atoms with Gasteiger partial charge in [0, 0.05) is 5.02 Å². The predicted octanol–water partition coefficient (Wildman–Crippen LogP) is 4.34. The molecule has 2 heteroatoms. The first-order valence-electron chi connectivity index (χ1n) is 5.69. The minimum Gasteiger partial charge on any atom is -0.508 e. The molecule has 84 valence electrons. The fourth-order valence-corrected chi connectivity index (χ4v) is 1.96. The molecule has 0 amide bonds. The lowest BCUT2D eigenvalue weighted by Crippen LogP contribution is -1.91. The summed E-state index contributed by atoms with van der Waals surface area (Å²) in [5, 5.41) is 10.6. The second-order valence-corrected chi connectivity index (χ2v) is 4.33. The van der Waals surface area contributed by atoms with Gasteiger partial charge >= 0.3 is 0 Å². The Morgan fingerprint density at radius 1 is 1.07 bits per heavy atom. The number of phenolic OH excluding ortho intramolecular Hbond substituents is 1. The van der Waals surface area contributed by atoms with Crippen molar-refractivity contribution in [3.8, 4) is 5.75 Å². The number of unbranched alkanes of at least 4 members (excludes halogenated alkanes) is 1. The molecule has 1 aromatic rings. The highest BCUT2D eigenvalue weighted by Gasteiger charge is 2.06. The van der Waals surface area contributed by atoms with Gasteiger partial charge in [0.1, 0.15) is 5.75 Å². The van der Waals surface area contributed by atoms with Crippen LogP contribution < -0.4 is 0 Å².